The Balaban J connectivity index is 1.39. The van der Waals surface area contributed by atoms with Gasteiger partial charge < -0.3 is 4.42 Å². The van der Waals surface area contributed by atoms with Crippen molar-refractivity contribution in [1.29, 1.82) is 0 Å². The maximum atomic E-state index is 6.83. The lowest BCUT2D eigenvalue weighted by Gasteiger charge is -2.32. The first-order valence-corrected chi connectivity index (χ1v) is 15.4. The lowest BCUT2D eigenvalue weighted by atomic mass is 9.78. The number of benzene rings is 4. The van der Waals surface area contributed by atoms with E-state index in [1.165, 1.54) is 55.5 Å². The highest BCUT2D eigenvalue weighted by atomic mass is 16.3. The zero-order chi connectivity index (χ0) is 29.8. The summed E-state index contributed by atoms with van der Waals surface area (Å²) in [7, 11) is 0. The van der Waals surface area contributed by atoms with Crippen molar-refractivity contribution in [2.75, 3.05) is 6.54 Å². The van der Waals surface area contributed by atoms with Gasteiger partial charge in [0.2, 0.25) is 0 Å². The molecule has 1 aromatic heterocycles. The normalized spacial score (nSPS) is 19.5. The zero-order valence-electron chi connectivity index (χ0n) is 25.6. The van der Waals surface area contributed by atoms with Gasteiger partial charge in [-0.15, -0.1) is 0 Å². The molecule has 214 valence electrons. The second-order valence-corrected chi connectivity index (χ2v) is 12.3. The van der Waals surface area contributed by atoms with Crippen LogP contribution in [0.5, 0.6) is 0 Å². The van der Waals surface area contributed by atoms with Crippen molar-refractivity contribution < 1.29 is 4.42 Å². The Bertz CT molecular complexity index is 2000. The van der Waals surface area contributed by atoms with Gasteiger partial charge in [0.05, 0.1) is 17.5 Å². The lowest BCUT2D eigenvalue weighted by molar-refractivity contribution is 0.473. The van der Waals surface area contributed by atoms with Crippen LogP contribution in [0.15, 0.2) is 100 Å². The summed E-state index contributed by atoms with van der Waals surface area (Å²) in [5, 5.41) is 2.32. The molecular formula is C40H38N2O. The minimum absolute atomic E-state index is 0.183. The predicted octanol–water partition coefficient (Wildman–Crippen LogP) is 9.94. The summed E-state index contributed by atoms with van der Waals surface area (Å²) in [4.78, 5) is 10.3. The first-order valence-electron chi connectivity index (χ1n) is 15.4. The Kier molecular flexibility index (Phi) is 6.77. The van der Waals surface area contributed by atoms with Crippen LogP contribution in [-0.2, 0) is 6.42 Å². The number of nitrogens with zero attached hydrogens (tertiary/aromatic N) is 2. The SMILES string of the molecule is C=CC1=NC2CC/N=C(/C=C)c3c(cc(C)c4c3oc3cc(-c5c(C)cc(C)cc5C)ccc34)CCC2c2ccccc21. The molecule has 2 aliphatic rings. The molecule has 2 unspecified atom stereocenters. The first-order chi connectivity index (χ1) is 20.9. The Morgan fingerprint density at radius 3 is 2.35 bits per heavy atom. The molecule has 0 bridgehead atoms. The minimum Gasteiger partial charge on any atom is -0.455 e. The Hall–Kier alpha value is -4.50. The summed E-state index contributed by atoms with van der Waals surface area (Å²) in [6, 6.07) is 22.5. The van der Waals surface area contributed by atoms with Gasteiger partial charge in [-0.1, -0.05) is 67.3 Å². The quantitative estimate of drug-likeness (QED) is 0.216. The van der Waals surface area contributed by atoms with Crippen LogP contribution in [0.1, 0.15) is 63.3 Å². The Labute approximate surface area is 254 Å². The van der Waals surface area contributed by atoms with Crippen molar-refractivity contribution in [2.24, 2.45) is 9.98 Å². The summed E-state index contributed by atoms with van der Waals surface area (Å²) in [5.74, 6) is 0.337. The molecule has 7 rings (SSSR count). The van der Waals surface area contributed by atoms with Crippen LogP contribution in [0.4, 0.5) is 0 Å². The van der Waals surface area contributed by atoms with Crippen molar-refractivity contribution in [3.8, 4) is 11.1 Å². The van der Waals surface area contributed by atoms with Gasteiger partial charge >= 0.3 is 0 Å². The van der Waals surface area contributed by atoms with Gasteiger partial charge in [0.15, 0.2) is 0 Å². The first kappa shape index (κ1) is 27.3. The van der Waals surface area contributed by atoms with Crippen LogP contribution in [0.2, 0.25) is 0 Å². The van der Waals surface area contributed by atoms with E-state index in [2.05, 4.69) is 102 Å². The van der Waals surface area contributed by atoms with Crippen LogP contribution >= 0.6 is 0 Å². The van der Waals surface area contributed by atoms with E-state index in [0.717, 1.165) is 52.8 Å². The van der Waals surface area contributed by atoms with Crippen molar-refractivity contribution in [3.63, 3.8) is 0 Å². The molecular weight excluding hydrogens is 524 g/mol. The van der Waals surface area contributed by atoms with Gasteiger partial charge in [0, 0.05) is 34.4 Å². The standard InChI is InChI=1S/C40H38N2O/c1-7-33-30-12-10-9-11-29(30)31-15-13-27-21-26(6)38-32-16-14-28(37-24(4)19-23(3)20-25(37)5)22-36(32)43-40(38)39(27)34(8-2)41-18-17-35(31)42-33/h7-12,14,16,19-22,31,35H,1-2,13,15,17-18H2,3-6H3/b41-34-. The smallest absolute Gasteiger partial charge is 0.145 e. The molecule has 0 spiro atoms. The highest BCUT2D eigenvalue weighted by molar-refractivity contribution is 6.20. The fourth-order valence-electron chi connectivity index (χ4n) is 7.73. The number of rotatable bonds is 3. The predicted molar refractivity (Wildman–Crippen MR) is 182 cm³/mol. The maximum Gasteiger partial charge on any atom is 0.145 e. The second-order valence-electron chi connectivity index (χ2n) is 12.3. The summed E-state index contributed by atoms with van der Waals surface area (Å²) in [6.07, 6.45) is 6.61. The van der Waals surface area contributed by atoms with E-state index in [0.29, 0.717) is 12.5 Å². The van der Waals surface area contributed by atoms with Crippen LogP contribution in [0, 0.1) is 27.7 Å². The average Bonchev–Trinajstić information content (AvgIpc) is 3.37. The van der Waals surface area contributed by atoms with Crippen LogP contribution in [0.3, 0.4) is 0 Å². The van der Waals surface area contributed by atoms with E-state index in [-0.39, 0.29) is 6.04 Å². The molecule has 0 amide bonds. The second kappa shape index (κ2) is 10.6. The van der Waals surface area contributed by atoms with Gasteiger partial charge in [-0.3, -0.25) is 9.98 Å². The van der Waals surface area contributed by atoms with Gasteiger partial charge in [-0.25, -0.2) is 0 Å². The van der Waals surface area contributed by atoms with E-state index < -0.39 is 0 Å². The third-order valence-corrected chi connectivity index (χ3v) is 9.47. The molecule has 2 atom stereocenters. The van der Waals surface area contributed by atoms with Gasteiger partial charge in [-0.2, -0.15) is 0 Å². The Morgan fingerprint density at radius 1 is 0.814 bits per heavy atom. The highest BCUT2D eigenvalue weighted by Gasteiger charge is 2.31. The van der Waals surface area contributed by atoms with E-state index in [1.807, 2.05) is 12.2 Å². The van der Waals surface area contributed by atoms with E-state index >= 15 is 0 Å². The largest absolute Gasteiger partial charge is 0.455 e. The molecule has 3 heterocycles. The molecule has 0 saturated carbocycles. The molecule has 4 aromatic carbocycles. The molecule has 0 aliphatic carbocycles. The van der Waals surface area contributed by atoms with Crippen LogP contribution < -0.4 is 0 Å². The fraction of sp³-hybridized carbons (Fsp3) is 0.250. The third kappa shape index (κ3) is 4.50. The number of allylic oxidation sites excluding steroid dienone is 2. The fourth-order valence-corrected chi connectivity index (χ4v) is 7.73. The molecule has 3 nitrogen and oxygen atoms in total. The highest BCUT2D eigenvalue weighted by Crippen LogP contribution is 2.41. The van der Waals surface area contributed by atoms with Crippen LogP contribution in [0.25, 0.3) is 33.1 Å². The van der Waals surface area contributed by atoms with Crippen molar-refractivity contribution in [2.45, 2.75) is 58.9 Å². The molecule has 0 saturated heterocycles. The zero-order valence-corrected chi connectivity index (χ0v) is 25.6. The molecule has 0 fully saturated rings. The van der Waals surface area contributed by atoms with E-state index in [4.69, 9.17) is 14.4 Å². The van der Waals surface area contributed by atoms with Gasteiger partial charge in [0.1, 0.15) is 11.2 Å². The van der Waals surface area contributed by atoms with Crippen molar-refractivity contribution in [1.82, 2.24) is 0 Å². The molecule has 0 radical (unpaired) electrons. The van der Waals surface area contributed by atoms with Crippen molar-refractivity contribution >= 4 is 33.4 Å². The number of furan rings is 1. The number of hydrogen-bond acceptors (Lipinski definition) is 3. The summed E-state index contributed by atoms with van der Waals surface area (Å²) >= 11 is 0. The van der Waals surface area contributed by atoms with Gasteiger partial charge in [0.25, 0.3) is 0 Å². The molecule has 5 aromatic rings. The van der Waals surface area contributed by atoms with Crippen LogP contribution in [-0.4, -0.2) is 24.0 Å². The number of aliphatic imine (C=N–C) groups is 2. The van der Waals surface area contributed by atoms with Crippen molar-refractivity contribution in [3.05, 3.63) is 130 Å². The molecule has 0 N–H and O–H groups in total. The molecule has 43 heavy (non-hydrogen) atoms. The third-order valence-electron chi connectivity index (χ3n) is 9.47. The molecule has 2 aliphatic heterocycles. The maximum absolute atomic E-state index is 6.83. The topological polar surface area (TPSA) is 37.9 Å². The Morgan fingerprint density at radius 2 is 1.58 bits per heavy atom. The number of fused-ring (bicyclic) bond motifs is 8. The van der Waals surface area contributed by atoms with Gasteiger partial charge in [-0.05, 0) is 110 Å². The average molecular weight is 563 g/mol. The monoisotopic (exact) mass is 562 g/mol. The summed E-state index contributed by atoms with van der Waals surface area (Å²) in [5.41, 5.74) is 16.3. The summed E-state index contributed by atoms with van der Waals surface area (Å²) in [6.45, 7) is 17.7. The summed E-state index contributed by atoms with van der Waals surface area (Å²) < 4.78 is 6.83. The number of aryl methyl sites for hydroxylation is 5. The van der Waals surface area contributed by atoms with E-state index in [9.17, 15) is 0 Å². The lowest BCUT2D eigenvalue weighted by Crippen LogP contribution is -2.27. The van der Waals surface area contributed by atoms with E-state index in [1.54, 1.807) is 0 Å². The number of hydrogen-bond donors (Lipinski definition) is 0. The minimum atomic E-state index is 0.183. The molecule has 3 heteroatoms.